The number of hydrogen-bond acceptors (Lipinski definition) is 2. The van der Waals surface area contributed by atoms with Crippen molar-refractivity contribution in [2.75, 3.05) is 18.8 Å². The maximum absolute atomic E-state index is 5.78. The number of nitrogens with one attached hydrogen (secondary N) is 1. The maximum atomic E-state index is 5.78. The Labute approximate surface area is 97.3 Å². The predicted octanol–water partition coefficient (Wildman–Crippen LogP) is 1.98. The van der Waals surface area contributed by atoms with Crippen molar-refractivity contribution in [3.8, 4) is 0 Å². The molecule has 1 rings (SSSR count). The van der Waals surface area contributed by atoms with Crippen molar-refractivity contribution >= 4 is 17.7 Å². The molecule has 0 radical (unpaired) electrons. The maximum Gasteiger partial charge on any atom is 0.188 e. The summed E-state index contributed by atoms with van der Waals surface area (Å²) >= 11 is 2.02. The Balaban J connectivity index is 2.23. The first-order chi connectivity index (χ1) is 7.16. The van der Waals surface area contributed by atoms with Gasteiger partial charge in [0.25, 0.3) is 0 Å². The molecular weight excluding hydrogens is 206 g/mol. The van der Waals surface area contributed by atoms with Gasteiger partial charge in [0.15, 0.2) is 5.96 Å². The summed E-state index contributed by atoms with van der Waals surface area (Å²) in [5.41, 5.74) is 5.78. The van der Waals surface area contributed by atoms with Crippen molar-refractivity contribution < 1.29 is 0 Å². The van der Waals surface area contributed by atoms with Crippen LogP contribution in [-0.4, -0.2) is 29.5 Å². The zero-order valence-electron chi connectivity index (χ0n) is 9.88. The highest BCUT2D eigenvalue weighted by Crippen LogP contribution is 2.37. The first-order valence-electron chi connectivity index (χ1n) is 5.84. The van der Waals surface area contributed by atoms with Crippen LogP contribution in [0.5, 0.6) is 0 Å². The van der Waals surface area contributed by atoms with Crippen LogP contribution >= 0.6 is 11.8 Å². The van der Waals surface area contributed by atoms with E-state index in [2.05, 4.69) is 24.2 Å². The smallest absolute Gasteiger partial charge is 0.188 e. The van der Waals surface area contributed by atoms with Gasteiger partial charge < -0.3 is 11.1 Å². The molecule has 0 aromatic carbocycles. The summed E-state index contributed by atoms with van der Waals surface area (Å²) in [5.74, 6) is 1.88. The van der Waals surface area contributed by atoms with Crippen molar-refractivity contribution in [1.82, 2.24) is 5.32 Å². The fourth-order valence-corrected chi connectivity index (χ4v) is 2.89. The third kappa shape index (κ3) is 4.78. The molecule has 1 heterocycles. The molecule has 1 aliphatic heterocycles. The molecule has 4 heteroatoms. The van der Waals surface area contributed by atoms with Crippen LogP contribution in [0.1, 0.15) is 39.5 Å². The highest BCUT2D eigenvalue weighted by Gasteiger charge is 2.28. The lowest BCUT2D eigenvalue weighted by atomic mass is 10.1. The lowest BCUT2D eigenvalue weighted by molar-refractivity contribution is 0.616. The molecule has 88 valence electrons. The van der Waals surface area contributed by atoms with Gasteiger partial charge in [-0.15, -0.1) is 0 Å². The topological polar surface area (TPSA) is 50.4 Å². The summed E-state index contributed by atoms with van der Waals surface area (Å²) in [6, 6.07) is 0. The summed E-state index contributed by atoms with van der Waals surface area (Å²) < 4.78 is 0.330. The monoisotopic (exact) mass is 229 g/mol. The molecule has 0 saturated carbocycles. The fourth-order valence-electron chi connectivity index (χ4n) is 1.66. The van der Waals surface area contributed by atoms with Crippen LogP contribution in [0.15, 0.2) is 4.99 Å². The summed E-state index contributed by atoms with van der Waals surface area (Å²) in [4.78, 5) is 4.41. The number of thioether (sulfide) groups is 1. The van der Waals surface area contributed by atoms with Gasteiger partial charge in [-0.1, -0.05) is 13.3 Å². The van der Waals surface area contributed by atoms with Crippen LogP contribution in [0.2, 0.25) is 0 Å². The second-order valence-electron chi connectivity index (χ2n) is 4.38. The molecule has 1 unspecified atom stereocenters. The van der Waals surface area contributed by atoms with Crippen LogP contribution in [0.25, 0.3) is 0 Å². The molecule has 1 saturated heterocycles. The molecule has 0 spiro atoms. The largest absolute Gasteiger partial charge is 0.370 e. The Kier molecular flexibility index (Phi) is 5.29. The lowest BCUT2D eigenvalue weighted by Crippen LogP contribution is -2.34. The van der Waals surface area contributed by atoms with E-state index in [1.54, 1.807) is 0 Å². The van der Waals surface area contributed by atoms with Crippen molar-refractivity contribution in [2.45, 2.75) is 44.3 Å². The lowest BCUT2D eigenvalue weighted by Gasteiger charge is -2.19. The van der Waals surface area contributed by atoms with E-state index in [9.17, 15) is 0 Å². The van der Waals surface area contributed by atoms with E-state index in [-0.39, 0.29) is 0 Å². The highest BCUT2D eigenvalue weighted by molar-refractivity contribution is 8.00. The number of nitrogens with zero attached hydrogens (tertiary/aromatic N) is 1. The average molecular weight is 229 g/mol. The van der Waals surface area contributed by atoms with Gasteiger partial charge in [0.05, 0.1) is 6.54 Å². The van der Waals surface area contributed by atoms with E-state index in [1.165, 1.54) is 25.0 Å². The summed E-state index contributed by atoms with van der Waals surface area (Å²) in [6.45, 7) is 6.25. The number of hydrogen-bond donors (Lipinski definition) is 2. The number of aliphatic imine (C=N–C) groups is 1. The first-order valence-corrected chi connectivity index (χ1v) is 6.82. The van der Waals surface area contributed by atoms with E-state index in [1.807, 2.05) is 11.8 Å². The predicted molar refractivity (Wildman–Crippen MR) is 69.5 cm³/mol. The number of guanidine groups is 1. The number of nitrogens with two attached hydrogens (primary N) is 1. The Bertz CT molecular complexity index is 210. The van der Waals surface area contributed by atoms with Gasteiger partial charge in [0, 0.05) is 11.3 Å². The molecule has 15 heavy (non-hydrogen) atoms. The average Bonchev–Trinajstić information content (AvgIpc) is 2.64. The van der Waals surface area contributed by atoms with Crippen LogP contribution in [0, 0.1) is 0 Å². The van der Waals surface area contributed by atoms with E-state index in [0.29, 0.717) is 10.7 Å². The molecule has 0 aromatic rings. The molecule has 3 nitrogen and oxygen atoms in total. The second kappa shape index (κ2) is 6.26. The molecule has 0 bridgehead atoms. The van der Waals surface area contributed by atoms with E-state index < -0.39 is 0 Å². The molecule has 0 amide bonds. The molecule has 1 atom stereocenters. The Hall–Kier alpha value is -0.380. The summed E-state index contributed by atoms with van der Waals surface area (Å²) in [7, 11) is 0. The third-order valence-electron chi connectivity index (χ3n) is 2.72. The minimum Gasteiger partial charge on any atom is -0.370 e. The Morgan fingerprint density at radius 2 is 2.40 bits per heavy atom. The van der Waals surface area contributed by atoms with Gasteiger partial charge in [0.2, 0.25) is 0 Å². The van der Waals surface area contributed by atoms with E-state index >= 15 is 0 Å². The standard InChI is InChI=1S/C11H23N3S/c1-3-4-7-13-10(12)14-9-11(2)6-5-8-15-11/h3-9H2,1-2H3,(H3,12,13,14). The van der Waals surface area contributed by atoms with Crippen LogP contribution in [0.3, 0.4) is 0 Å². The molecule has 0 aliphatic carbocycles. The number of unbranched alkanes of at least 4 members (excludes halogenated alkanes) is 1. The normalized spacial score (nSPS) is 26.9. The van der Waals surface area contributed by atoms with Crippen molar-refractivity contribution in [3.63, 3.8) is 0 Å². The van der Waals surface area contributed by atoms with Gasteiger partial charge in [-0.3, -0.25) is 4.99 Å². The molecule has 1 fully saturated rings. The van der Waals surface area contributed by atoms with Gasteiger partial charge in [-0.05, 0) is 31.9 Å². The molecule has 0 aromatic heterocycles. The van der Waals surface area contributed by atoms with Crippen LogP contribution in [-0.2, 0) is 0 Å². The van der Waals surface area contributed by atoms with Crippen LogP contribution in [0.4, 0.5) is 0 Å². The van der Waals surface area contributed by atoms with Crippen molar-refractivity contribution in [2.24, 2.45) is 10.7 Å². The quantitative estimate of drug-likeness (QED) is 0.430. The van der Waals surface area contributed by atoms with E-state index in [4.69, 9.17) is 5.73 Å². The van der Waals surface area contributed by atoms with Gasteiger partial charge in [-0.25, -0.2) is 0 Å². The first kappa shape index (κ1) is 12.7. The zero-order valence-corrected chi connectivity index (χ0v) is 10.7. The summed E-state index contributed by atoms with van der Waals surface area (Å²) in [6.07, 6.45) is 4.93. The molecule has 3 N–H and O–H groups in total. The van der Waals surface area contributed by atoms with Gasteiger partial charge >= 0.3 is 0 Å². The van der Waals surface area contributed by atoms with Gasteiger partial charge in [-0.2, -0.15) is 11.8 Å². The van der Waals surface area contributed by atoms with Crippen LogP contribution < -0.4 is 11.1 Å². The summed E-state index contributed by atoms with van der Waals surface area (Å²) in [5, 5.41) is 3.14. The highest BCUT2D eigenvalue weighted by atomic mass is 32.2. The minimum atomic E-state index is 0.330. The molecular formula is C11H23N3S. The Morgan fingerprint density at radius 1 is 1.60 bits per heavy atom. The second-order valence-corrected chi connectivity index (χ2v) is 6.07. The molecule has 1 aliphatic rings. The van der Waals surface area contributed by atoms with Gasteiger partial charge in [0.1, 0.15) is 0 Å². The minimum absolute atomic E-state index is 0.330. The fraction of sp³-hybridized carbons (Fsp3) is 0.909. The Morgan fingerprint density at radius 3 is 3.00 bits per heavy atom. The van der Waals surface area contributed by atoms with Crippen molar-refractivity contribution in [1.29, 1.82) is 0 Å². The number of rotatable bonds is 5. The zero-order chi connectivity index (χ0) is 11.1. The SMILES string of the molecule is CCCCNC(N)=NCC1(C)CCCS1. The van der Waals surface area contributed by atoms with E-state index in [0.717, 1.165) is 19.5 Å². The third-order valence-corrected chi connectivity index (χ3v) is 4.24. The van der Waals surface area contributed by atoms with Crippen molar-refractivity contribution in [3.05, 3.63) is 0 Å².